The molecule has 156 valence electrons. The maximum atomic E-state index is 12.8. The van der Waals surface area contributed by atoms with Crippen molar-refractivity contribution in [3.63, 3.8) is 0 Å². The molecule has 2 amide bonds. The summed E-state index contributed by atoms with van der Waals surface area (Å²) in [6.45, 7) is 1.83. The second-order valence-electron chi connectivity index (χ2n) is 8.02. The number of anilines is 1. The molecule has 1 saturated heterocycles. The number of amides is 2. The molecule has 7 nitrogen and oxygen atoms in total. The molecule has 2 heterocycles. The van der Waals surface area contributed by atoms with Gasteiger partial charge in [-0.1, -0.05) is 23.7 Å². The summed E-state index contributed by atoms with van der Waals surface area (Å²) in [5, 5.41) is 13.9. The molecule has 2 aromatic carbocycles. The highest BCUT2D eigenvalue weighted by Crippen LogP contribution is 2.39. The largest absolute Gasteiger partial charge is 0.464 e. The van der Waals surface area contributed by atoms with Crippen molar-refractivity contribution in [2.24, 2.45) is 0 Å². The Morgan fingerprint density at radius 3 is 2.37 bits per heavy atom. The lowest BCUT2D eigenvalue weighted by Gasteiger charge is -2.35. The highest BCUT2D eigenvalue weighted by Gasteiger charge is 2.50. The van der Waals surface area contributed by atoms with Gasteiger partial charge in [-0.2, -0.15) is 0 Å². The lowest BCUT2D eigenvalue weighted by molar-refractivity contribution is -0.143. The smallest absolute Gasteiger partial charge is 0.254 e. The molecule has 2 fully saturated rings. The Morgan fingerprint density at radius 2 is 1.70 bits per heavy atom. The average molecular weight is 428 g/mol. The second kappa shape index (κ2) is 7.18. The van der Waals surface area contributed by atoms with Gasteiger partial charge in [0.15, 0.2) is 6.23 Å². The Labute approximate surface area is 179 Å². The minimum atomic E-state index is -1.15. The molecule has 1 atom stereocenters. The summed E-state index contributed by atoms with van der Waals surface area (Å²) in [4.78, 5) is 28.5. The number of nitrogens with zero attached hydrogens (tertiary/aromatic N) is 2. The lowest BCUT2D eigenvalue weighted by atomic mass is 10.1. The van der Waals surface area contributed by atoms with Crippen LogP contribution in [0.3, 0.4) is 0 Å². The first-order valence-corrected chi connectivity index (χ1v) is 10.4. The van der Waals surface area contributed by atoms with E-state index < -0.39 is 5.60 Å². The number of aliphatic hydroxyl groups is 1. The van der Waals surface area contributed by atoms with Crippen molar-refractivity contribution in [1.29, 1.82) is 0 Å². The van der Waals surface area contributed by atoms with Crippen LogP contribution in [0.25, 0.3) is 0 Å². The highest BCUT2D eigenvalue weighted by atomic mass is 35.5. The summed E-state index contributed by atoms with van der Waals surface area (Å²) in [5.74, 6) is 0.440. The van der Waals surface area contributed by atoms with Crippen molar-refractivity contribution in [3.8, 4) is 5.75 Å². The summed E-state index contributed by atoms with van der Waals surface area (Å²) >= 11 is 6.01. The lowest BCUT2D eigenvalue weighted by Crippen LogP contribution is -2.53. The fraction of sp³-hybridized carbons (Fsp3) is 0.364. The van der Waals surface area contributed by atoms with E-state index in [9.17, 15) is 14.7 Å². The first-order valence-electron chi connectivity index (χ1n) is 10.1. The minimum absolute atomic E-state index is 0.0610. The zero-order valence-corrected chi connectivity index (χ0v) is 17.1. The maximum absolute atomic E-state index is 12.8. The van der Waals surface area contributed by atoms with Gasteiger partial charge in [0.1, 0.15) is 11.4 Å². The maximum Gasteiger partial charge on any atom is 0.254 e. The molecular weight excluding hydrogens is 406 g/mol. The number of halogens is 1. The molecule has 5 rings (SSSR count). The van der Waals surface area contributed by atoms with E-state index in [1.165, 1.54) is 0 Å². The fourth-order valence-electron chi connectivity index (χ4n) is 3.88. The number of carbonyl (C=O) groups is 2. The molecule has 30 heavy (non-hydrogen) atoms. The molecule has 2 N–H and O–H groups in total. The second-order valence-corrected chi connectivity index (χ2v) is 8.46. The SMILES string of the molecule is O=C(c1ccc(C2Nc3ccc(Cl)cc3O2)cc1)N1CCN(C(=O)C2(O)CC2)CC1. The number of nitrogens with one attached hydrogen (secondary N) is 1. The molecule has 2 aromatic rings. The zero-order valence-electron chi connectivity index (χ0n) is 16.3. The molecule has 0 spiro atoms. The summed E-state index contributed by atoms with van der Waals surface area (Å²) in [6.07, 6.45) is 0.745. The summed E-state index contributed by atoms with van der Waals surface area (Å²) in [7, 11) is 0. The number of fused-ring (bicyclic) bond motifs is 1. The predicted octanol–water partition coefficient (Wildman–Crippen LogP) is 2.65. The van der Waals surface area contributed by atoms with Crippen LogP contribution >= 0.6 is 11.6 Å². The third kappa shape index (κ3) is 3.48. The Kier molecular flexibility index (Phi) is 4.60. The Balaban J connectivity index is 1.20. The summed E-state index contributed by atoms with van der Waals surface area (Å²) < 4.78 is 5.91. The van der Waals surface area contributed by atoms with Gasteiger partial charge in [-0.15, -0.1) is 0 Å². The van der Waals surface area contributed by atoms with Gasteiger partial charge in [-0.05, 0) is 37.1 Å². The van der Waals surface area contributed by atoms with Crippen LogP contribution in [0, 0.1) is 0 Å². The fourth-order valence-corrected chi connectivity index (χ4v) is 4.05. The molecule has 0 bridgehead atoms. The first kappa shape index (κ1) is 19.2. The summed E-state index contributed by atoms with van der Waals surface area (Å²) in [5.41, 5.74) is 1.24. The topological polar surface area (TPSA) is 82.1 Å². The molecule has 1 saturated carbocycles. The van der Waals surface area contributed by atoms with Crippen molar-refractivity contribution >= 4 is 29.1 Å². The molecular formula is C22H22ClN3O4. The van der Waals surface area contributed by atoms with E-state index >= 15 is 0 Å². The van der Waals surface area contributed by atoms with Crippen molar-refractivity contribution in [1.82, 2.24) is 9.80 Å². The summed E-state index contributed by atoms with van der Waals surface area (Å²) in [6, 6.07) is 12.8. The van der Waals surface area contributed by atoms with Crippen LogP contribution < -0.4 is 10.1 Å². The molecule has 3 aliphatic rings. The number of carbonyl (C=O) groups excluding carboxylic acids is 2. The van der Waals surface area contributed by atoms with E-state index in [2.05, 4.69) is 5.32 Å². The third-order valence-electron chi connectivity index (χ3n) is 5.91. The van der Waals surface area contributed by atoms with Gasteiger partial charge >= 0.3 is 0 Å². The van der Waals surface area contributed by atoms with Gasteiger partial charge in [0.2, 0.25) is 0 Å². The minimum Gasteiger partial charge on any atom is -0.464 e. The van der Waals surface area contributed by atoms with Crippen LogP contribution in [0.1, 0.15) is 35.0 Å². The van der Waals surface area contributed by atoms with Crippen LogP contribution in [0.5, 0.6) is 5.75 Å². The first-order chi connectivity index (χ1) is 14.4. The predicted molar refractivity (Wildman–Crippen MR) is 112 cm³/mol. The number of hydrogen-bond donors (Lipinski definition) is 2. The van der Waals surface area contributed by atoms with Gasteiger partial charge in [0, 0.05) is 48.4 Å². The molecule has 1 unspecified atom stereocenters. The third-order valence-corrected chi connectivity index (χ3v) is 6.15. The van der Waals surface area contributed by atoms with Gasteiger partial charge in [0.25, 0.3) is 11.8 Å². The normalized spacial score (nSPS) is 21.5. The van der Waals surface area contributed by atoms with Crippen molar-refractivity contribution in [2.75, 3.05) is 31.5 Å². The Hall–Kier alpha value is -2.77. The molecule has 2 aliphatic heterocycles. The Bertz CT molecular complexity index is 998. The van der Waals surface area contributed by atoms with E-state index in [0.29, 0.717) is 55.4 Å². The number of piperazine rings is 1. The van der Waals surface area contributed by atoms with E-state index in [0.717, 1.165) is 11.3 Å². The van der Waals surface area contributed by atoms with Gasteiger partial charge in [0.05, 0.1) is 5.69 Å². The number of ether oxygens (including phenoxy) is 1. The highest BCUT2D eigenvalue weighted by molar-refractivity contribution is 6.30. The standard InChI is InChI=1S/C22H22ClN3O4/c23-16-5-6-17-18(13-16)30-19(24-17)14-1-3-15(4-2-14)20(27)25-9-11-26(12-10-25)21(28)22(29)7-8-22/h1-6,13,19,24,29H,7-12H2. The van der Waals surface area contributed by atoms with Crippen LogP contribution in [0.4, 0.5) is 5.69 Å². The number of hydrogen-bond acceptors (Lipinski definition) is 5. The number of benzene rings is 2. The molecule has 1 aliphatic carbocycles. The van der Waals surface area contributed by atoms with E-state index in [-0.39, 0.29) is 18.0 Å². The Morgan fingerprint density at radius 1 is 1.03 bits per heavy atom. The van der Waals surface area contributed by atoms with Crippen LogP contribution in [0.15, 0.2) is 42.5 Å². The number of rotatable bonds is 3. The van der Waals surface area contributed by atoms with E-state index in [1.54, 1.807) is 34.1 Å². The quantitative estimate of drug-likeness (QED) is 0.787. The van der Waals surface area contributed by atoms with Gasteiger partial charge < -0.3 is 25.0 Å². The molecule has 0 radical (unpaired) electrons. The van der Waals surface area contributed by atoms with Crippen molar-refractivity contribution < 1.29 is 19.4 Å². The molecule has 8 heteroatoms. The van der Waals surface area contributed by atoms with E-state index in [1.807, 2.05) is 18.2 Å². The monoisotopic (exact) mass is 427 g/mol. The zero-order chi connectivity index (χ0) is 20.9. The van der Waals surface area contributed by atoms with Crippen LogP contribution in [0.2, 0.25) is 5.02 Å². The van der Waals surface area contributed by atoms with Gasteiger partial charge in [-0.25, -0.2) is 0 Å². The van der Waals surface area contributed by atoms with Crippen molar-refractivity contribution in [2.45, 2.75) is 24.7 Å². The van der Waals surface area contributed by atoms with E-state index in [4.69, 9.17) is 16.3 Å². The average Bonchev–Trinajstić information content (AvgIpc) is 3.38. The van der Waals surface area contributed by atoms with Gasteiger partial charge in [-0.3, -0.25) is 9.59 Å². The van der Waals surface area contributed by atoms with Crippen LogP contribution in [-0.2, 0) is 4.79 Å². The van der Waals surface area contributed by atoms with Crippen LogP contribution in [-0.4, -0.2) is 58.5 Å². The van der Waals surface area contributed by atoms with Crippen molar-refractivity contribution in [3.05, 3.63) is 58.6 Å². The molecule has 0 aromatic heterocycles.